The number of rotatable bonds is 0. The van der Waals surface area contributed by atoms with Crippen molar-refractivity contribution in [3.05, 3.63) is 0 Å². The van der Waals surface area contributed by atoms with Gasteiger partial charge in [-0.3, -0.25) is 4.79 Å². The SMILES string of the molecule is O.O=C1CCCCCO1.OCO. The maximum Gasteiger partial charge on any atom is 0.305 e. The Labute approximate surface area is 71.3 Å². The summed E-state index contributed by atoms with van der Waals surface area (Å²) in [5.74, 6) is -0.0255. The zero-order valence-electron chi connectivity index (χ0n) is 6.95. The van der Waals surface area contributed by atoms with Crippen LogP contribution in [0, 0.1) is 0 Å². The monoisotopic (exact) mass is 180 g/mol. The molecule has 0 unspecified atom stereocenters. The first-order valence-electron chi connectivity index (χ1n) is 3.68. The van der Waals surface area contributed by atoms with Crippen molar-refractivity contribution in [3.63, 3.8) is 0 Å². The molecule has 0 aliphatic carbocycles. The Bertz CT molecular complexity index is 94.0. The summed E-state index contributed by atoms with van der Waals surface area (Å²) in [5, 5.41) is 14.2. The highest BCUT2D eigenvalue weighted by Gasteiger charge is 2.05. The number of hydrogen-bond donors (Lipinski definition) is 2. The van der Waals surface area contributed by atoms with Gasteiger partial charge in [0.15, 0.2) is 0 Å². The topological polar surface area (TPSA) is 98.3 Å². The van der Waals surface area contributed by atoms with Gasteiger partial charge < -0.3 is 20.4 Å². The molecule has 0 radical (unpaired) electrons. The van der Waals surface area contributed by atoms with E-state index in [2.05, 4.69) is 0 Å². The van der Waals surface area contributed by atoms with E-state index in [9.17, 15) is 4.79 Å². The Hall–Kier alpha value is -0.650. The highest BCUT2D eigenvalue weighted by Crippen LogP contribution is 2.06. The van der Waals surface area contributed by atoms with Gasteiger partial charge in [-0.25, -0.2) is 0 Å². The first-order valence-corrected chi connectivity index (χ1v) is 3.68. The van der Waals surface area contributed by atoms with Crippen LogP contribution in [0.5, 0.6) is 0 Å². The van der Waals surface area contributed by atoms with Crippen molar-refractivity contribution in [1.29, 1.82) is 0 Å². The van der Waals surface area contributed by atoms with E-state index in [4.69, 9.17) is 14.9 Å². The predicted octanol–water partition coefficient (Wildman–Crippen LogP) is -0.793. The molecule has 0 aromatic heterocycles. The van der Waals surface area contributed by atoms with E-state index in [1.807, 2.05) is 0 Å². The van der Waals surface area contributed by atoms with Crippen LogP contribution < -0.4 is 0 Å². The first kappa shape index (κ1) is 13.9. The first-order chi connectivity index (χ1) is 5.31. The Morgan fingerprint density at radius 1 is 1.25 bits per heavy atom. The lowest BCUT2D eigenvalue weighted by Gasteiger charge is -1.93. The fraction of sp³-hybridized carbons (Fsp3) is 0.857. The minimum Gasteiger partial charge on any atom is -0.466 e. The molecule has 1 aliphatic rings. The normalized spacial score (nSPS) is 16.0. The smallest absolute Gasteiger partial charge is 0.305 e. The summed E-state index contributed by atoms with van der Waals surface area (Å²) in [4.78, 5) is 10.5. The van der Waals surface area contributed by atoms with E-state index in [0.717, 1.165) is 19.3 Å². The number of esters is 1. The Morgan fingerprint density at radius 3 is 2.42 bits per heavy atom. The third-order valence-electron chi connectivity index (χ3n) is 1.29. The average molecular weight is 180 g/mol. The Morgan fingerprint density at radius 2 is 1.83 bits per heavy atom. The fourth-order valence-corrected chi connectivity index (χ4v) is 0.806. The van der Waals surface area contributed by atoms with Crippen LogP contribution in [0.3, 0.4) is 0 Å². The highest BCUT2D eigenvalue weighted by atomic mass is 16.5. The van der Waals surface area contributed by atoms with Gasteiger partial charge in [0.1, 0.15) is 6.79 Å². The van der Waals surface area contributed by atoms with Gasteiger partial charge in [-0.2, -0.15) is 0 Å². The molecule has 0 atom stereocenters. The molecular formula is C7H16O5. The van der Waals surface area contributed by atoms with Crippen molar-refractivity contribution in [2.24, 2.45) is 0 Å². The molecule has 1 fully saturated rings. The van der Waals surface area contributed by atoms with Gasteiger partial charge in [0.05, 0.1) is 6.61 Å². The van der Waals surface area contributed by atoms with Crippen LogP contribution in [0.1, 0.15) is 25.7 Å². The van der Waals surface area contributed by atoms with Crippen LogP contribution in [-0.2, 0) is 9.53 Å². The van der Waals surface area contributed by atoms with Gasteiger partial charge >= 0.3 is 5.97 Å². The van der Waals surface area contributed by atoms with Crippen LogP contribution in [0.4, 0.5) is 0 Å². The van der Waals surface area contributed by atoms with Gasteiger partial charge in [-0.15, -0.1) is 0 Å². The lowest BCUT2D eigenvalue weighted by molar-refractivity contribution is -0.142. The molecular weight excluding hydrogens is 164 g/mol. The molecule has 12 heavy (non-hydrogen) atoms. The second-order valence-corrected chi connectivity index (χ2v) is 2.17. The van der Waals surface area contributed by atoms with Crippen LogP contribution >= 0.6 is 0 Å². The number of aliphatic hydroxyl groups is 2. The number of carbonyl (C=O) groups is 1. The summed E-state index contributed by atoms with van der Waals surface area (Å²) in [6.45, 7) is -0.112. The Balaban J connectivity index is 0. The molecule has 1 rings (SSSR count). The fourth-order valence-electron chi connectivity index (χ4n) is 0.806. The van der Waals surface area contributed by atoms with Crippen molar-refractivity contribution in [2.75, 3.05) is 13.4 Å². The quantitative estimate of drug-likeness (QED) is 0.377. The number of hydrogen-bond acceptors (Lipinski definition) is 4. The van der Waals surface area contributed by atoms with E-state index in [0.29, 0.717) is 13.0 Å². The number of ether oxygens (including phenoxy) is 1. The molecule has 0 spiro atoms. The minimum absolute atomic E-state index is 0. The molecule has 74 valence electrons. The van der Waals surface area contributed by atoms with E-state index < -0.39 is 6.79 Å². The maximum atomic E-state index is 10.5. The number of carbonyl (C=O) groups excluding carboxylic acids is 1. The maximum absolute atomic E-state index is 10.5. The highest BCUT2D eigenvalue weighted by molar-refractivity contribution is 5.69. The van der Waals surface area contributed by atoms with Crippen molar-refractivity contribution < 1.29 is 25.2 Å². The molecule has 0 bridgehead atoms. The molecule has 4 N–H and O–H groups in total. The van der Waals surface area contributed by atoms with Gasteiger partial charge in [-0.1, -0.05) is 0 Å². The summed E-state index contributed by atoms with van der Waals surface area (Å²) in [6.07, 6.45) is 3.83. The molecule has 0 saturated carbocycles. The minimum atomic E-state index is -0.750. The second kappa shape index (κ2) is 10.3. The number of cyclic esters (lactones) is 1. The molecule has 1 aliphatic heterocycles. The van der Waals surface area contributed by atoms with Crippen LogP contribution in [0.25, 0.3) is 0 Å². The van der Waals surface area contributed by atoms with Gasteiger partial charge in [0.2, 0.25) is 0 Å². The largest absolute Gasteiger partial charge is 0.466 e. The molecule has 0 aromatic carbocycles. The molecule has 5 heteroatoms. The Kier molecular flexibility index (Phi) is 12.0. The lowest BCUT2D eigenvalue weighted by atomic mass is 10.2. The van der Waals surface area contributed by atoms with Crippen molar-refractivity contribution >= 4 is 5.97 Å². The van der Waals surface area contributed by atoms with Crippen molar-refractivity contribution in [2.45, 2.75) is 25.7 Å². The zero-order valence-corrected chi connectivity index (χ0v) is 6.95. The molecule has 1 heterocycles. The summed E-state index contributed by atoms with van der Waals surface area (Å²) >= 11 is 0. The van der Waals surface area contributed by atoms with Crippen molar-refractivity contribution in [3.8, 4) is 0 Å². The third-order valence-corrected chi connectivity index (χ3v) is 1.29. The van der Waals surface area contributed by atoms with Gasteiger partial charge in [-0.05, 0) is 19.3 Å². The van der Waals surface area contributed by atoms with Crippen molar-refractivity contribution in [1.82, 2.24) is 0 Å². The van der Waals surface area contributed by atoms with E-state index >= 15 is 0 Å². The molecule has 5 nitrogen and oxygen atoms in total. The van der Waals surface area contributed by atoms with E-state index in [1.54, 1.807) is 0 Å². The van der Waals surface area contributed by atoms with E-state index in [-0.39, 0.29) is 11.4 Å². The third kappa shape index (κ3) is 9.35. The van der Waals surface area contributed by atoms with Crippen LogP contribution in [-0.4, -0.2) is 35.1 Å². The average Bonchev–Trinajstić information content (AvgIpc) is 2.18. The lowest BCUT2D eigenvalue weighted by Crippen LogP contribution is -2.00. The molecule has 0 aromatic rings. The van der Waals surface area contributed by atoms with E-state index in [1.165, 1.54) is 0 Å². The van der Waals surface area contributed by atoms with Crippen LogP contribution in [0.2, 0.25) is 0 Å². The number of aliphatic hydroxyl groups excluding tert-OH is 1. The summed E-state index contributed by atoms with van der Waals surface area (Å²) in [7, 11) is 0. The molecule has 0 amide bonds. The summed E-state index contributed by atoms with van der Waals surface area (Å²) < 4.78 is 4.76. The van der Waals surface area contributed by atoms with Gasteiger partial charge in [0.25, 0.3) is 0 Å². The zero-order chi connectivity index (χ0) is 8.53. The van der Waals surface area contributed by atoms with Crippen LogP contribution in [0.15, 0.2) is 0 Å². The predicted molar refractivity (Wildman–Crippen MR) is 42.3 cm³/mol. The summed E-state index contributed by atoms with van der Waals surface area (Å²) in [6, 6.07) is 0. The standard InChI is InChI=1S/C6H10O2.CH4O2.H2O/c7-6-4-2-1-3-5-8-6;2-1-3;/h1-5H2;2-3H,1H2;1H2. The molecule has 1 saturated heterocycles. The second-order valence-electron chi connectivity index (χ2n) is 2.17. The summed E-state index contributed by atoms with van der Waals surface area (Å²) in [5.41, 5.74) is 0. The van der Waals surface area contributed by atoms with Gasteiger partial charge in [0, 0.05) is 6.42 Å².